The third-order valence-corrected chi connectivity index (χ3v) is 4.47. The highest BCUT2D eigenvalue weighted by molar-refractivity contribution is 6.03. The van der Waals surface area contributed by atoms with Crippen LogP contribution in [0, 0.1) is 0 Å². The van der Waals surface area contributed by atoms with Gasteiger partial charge in [0.1, 0.15) is 0 Å². The van der Waals surface area contributed by atoms with Crippen LogP contribution in [0.1, 0.15) is 27.7 Å². The highest BCUT2D eigenvalue weighted by atomic mass is 16.2. The third kappa shape index (κ3) is 2.99. The Bertz CT molecular complexity index is 875. The molecule has 1 aromatic heterocycles. The monoisotopic (exact) mass is 321 g/mol. The maximum Gasteiger partial charge on any atom is 0.289 e. The number of hydrogen-bond donors (Lipinski definition) is 0. The quantitative estimate of drug-likeness (QED) is 0.528. The van der Waals surface area contributed by atoms with Gasteiger partial charge in [0.05, 0.1) is 5.39 Å². The number of carbonyl (C=O) groups is 1. The lowest BCUT2D eigenvalue weighted by molar-refractivity contribution is -0.658. The first-order chi connectivity index (χ1) is 11.5. The van der Waals surface area contributed by atoms with E-state index in [1.165, 1.54) is 10.8 Å². The molecule has 2 aromatic carbocycles. The number of amides is 1. The molecule has 3 heteroatoms. The molecule has 0 aliphatic carbocycles. The molecule has 0 saturated carbocycles. The molecule has 0 aliphatic heterocycles. The lowest BCUT2D eigenvalue weighted by Gasteiger charge is -2.29. The number of carbonyl (C=O) groups excluding carboxylic acids is 1. The molecule has 1 heterocycles. The third-order valence-electron chi connectivity index (χ3n) is 4.47. The fraction of sp³-hybridized carbons (Fsp3) is 0.333. The molecule has 0 spiro atoms. The van der Waals surface area contributed by atoms with Crippen LogP contribution < -0.4 is 4.57 Å². The van der Waals surface area contributed by atoms with Gasteiger partial charge in [-0.05, 0) is 39.8 Å². The minimum absolute atomic E-state index is 0.158. The Morgan fingerprint density at radius 1 is 0.917 bits per heavy atom. The Kier molecular flexibility index (Phi) is 4.52. The fourth-order valence-electron chi connectivity index (χ4n) is 3.57. The summed E-state index contributed by atoms with van der Waals surface area (Å²) in [6.45, 7) is 8.64. The van der Waals surface area contributed by atoms with Gasteiger partial charge in [0.15, 0.2) is 6.20 Å². The van der Waals surface area contributed by atoms with Crippen molar-refractivity contribution < 1.29 is 9.36 Å². The standard InChI is InChI=1S/C21H25N2O/c1-15(2)23(16(3)4)21(24)14-22-13-17-9-5-6-10-18(17)19-11-7-8-12-20(19)22/h5-13,15-16H,14H2,1-4H3/q+1. The van der Waals surface area contributed by atoms with E-state index in [-0.39, 0.29) is 18.0 Å². The highest BCUT2D eigenvalue weighted by Crippen LogP contribution is 2.22. The summed E-state index contributed by atoms with van der Waals surface area (Å²) in [7, 11) is 0. The van der Waals surface area contributed by atoms with E-state index in [9.17, 15) is 4.79 Å². The minimum Gasteiger partial charge on any atom is -0.332 e. The van der Waals surface area contributed by atoms with Gasteiger partial charge in [0, 0.05) is 28.9 Å². The number of aromatic nitrogens is 1. The van der Waals surface area contributed by atoms with E-state index < -0.39 is 0 Å². The first kappa shape index (κ1) is 16.4. The van der Waals surface area contributed by atoms with Gasteiger partial charge in [-0.2, -0.15) is 4.57 Å². The van der Waals surface area contributed by atoms with Gasteiger partial charge in [-0.1, -0.05) is 30.3 Å². The van der Waals surface area contributed by atoms with Crippen LogP contribution in [-0.2, 0) is 11.3 Å². The number of pyridine rings is 1. The van der Waals surface area contributed by atoms with Gasteiger partial charge in [-0.3, -0.25) is 4.79 Å². The molecule has 0 saturated heterocycles. The van der Waals surface area contributed by atoms with Gasteiger partial charge in [0.25, 0.3) is 5.91 Å². The number of rotatable bonds is 4. The first-order valence-electron chi connectivity index (χ1n) is 8.60. The molecule has 0 radical (unpaired) electrons. The summed E-state index contributed by atoms with van der Waals surface area (Å²) in [5, 5.41) is 3.56. The highest BCUT2D eigenvalue weighted by Gasteiger charge is 2.25. The Labute approximate surface area is 143 Å². The van der Waals surface area contributed by atoms with Crippen molar-refractivity contribution in [2.45, 2.75) is 46.3 Å². The average molecular weight is 321 g/mol. The van der Waals surface area contributed by atoms with E-state index in [4.69, 9.17) is 0 Å². The van der Waals surface area contributed by atoms with E-state index in [0.29, 0.717) is 6.54 Å². The minimum atomic E-state index is 0.158. The molecule has 3 rings (SSSR count). The van der Waals surface area contributed by atoms with Crippen LogP contribution in [0.4, 0.5) is 0 Å². The van der Waals surface area contributed by atoms with Crippen LogP contribution in [-0.4, -0.2) is 22.9 Å². The summed E-state index contributed by atoms with van der Waals surface area (Å²) in [5.41, 5.74) is 1.09. The van der Waals surface area contributed by atoms with Crippen molar-refractivity contribution in [1.29, 1.82) is 0 Å². The number of fused-ring (bicyclic) bond motifs is 3. The number of hydrogen-bond acceptors (Lipinski definition) is 1. The first-order valence-corrected chi connectivity index (χ1v) is 8.60. The molecule has 24 heavy (non-hydrogen) atoms. The van der Waals surface area contributed by atoms with Crippen LogP contribution in [0.25, 0.3) is 21.7 Å². The van der Waals surface area contributed by atoms with Crippen LogP contribution in [0.2, 0.25) is 0 Å². The summed E-state index contributed by atoms with van der Waals surface area (Å²) in [4.78, 5) is 14.8. The zero-order valence-electron chi connectivity index (χ0n) is 14.9. The summed E-state index contributed by atoms with van der Waals surface area (Å²) in [5.74, 6) is 0.158. The van der Waals surface area contributed by atoms with Gasteiger partial charge < -0.3 is 4.90 Å². The molecule has 0 fully saturated rings. The van der Waals surface area contributed by atoms with Crippen molar-refractivity contribution in [3.8, 4) is 0 Å². The van der Waals surface area contributed by atoms with Gasteiger partial charge >= 0.3 is 0 Å². The molecule has 3 aromatic rings. The maximum absolute atomic E-state index is 12.9. The Morgan fingerprint density at radius 3 is 2.17 bits per heavy atom. The predicted molar refractivity (Wildman–Crippen MR) is 98.8 cm³/mol. The zero-order valence-corrected chi connectivity index (χ0v) is 14.9. The van der Waals surface area contributed by atoms with Crippen LogP contribution in [0.3, 0.4) is 0 Å². The second-order valence-electron chi connectivity index (χ2n) is 6.85. The molecule has 124 valence electrons. The molecular weight excluding hydrogens is 296 g/mol. The molecule has 0 N–H and O–H groups in total. The van der Waals surface area contributed by atoms with Crippen molar-refractivity contribution in [3.05, 3.63) is 54.7 Å². The van der Waals surface area contributed by atoms with Crippen molar-refractivity contribution in [2.75, 3.05) is 0 Å². The Hall–Kier alpha value is -2.42. The fourth-order valence-corrected chi connectivity index (χ4v) is 3.57. The number of para-hydroxylation sites is 1. The second kappa shape index (κ2) is 6.60. The van der Waals surface area contributed by atoms with Gasteiger partial charge in [-0.25, -0.2) is 0 Å². The average Bonchev–Trinajstić information content (AvgIpc) is 2.54. The van der Waals surface area contributed by atoms with Crippen molar-refractivity contribution in [1.82, 2.24) is 4.90 Å². The van der Waals surface area contributed by atoms with Crippen molar-refractivity contribution in [2.24, 2.45) is 0 Å². The lowest BCUT2D eigenvalue weighted by atomic mass is 10.1. The summed E-state index contributed by atoms with van der Waals surface area (Å²) in [6, 6.07) is 17.0. The van der Waals surface area contributed by atoms with Crippen molar-refractivity contribution in [3.63, 3.8) is 0 Å². The molecule has 1 amide bonds. The van der Waals surface area contributed by atoms with Crippen LogP contribution in [0.5, 0.6) is 0 Å². The molecule has 3 nitrogen and oxygen atoms in total. The summed E-state index contributed by atoms with van der Waals surface area (Å²) < 4.78 is 2.08. The van der Waals surface area contributed by atoms with Gasteiger partial charge in [0.2, 0.25) is 12.1 Å². The smallest absolute Gasteiger partial charge is 0.289 e. The molecule has 0 unspecified atom stereocenters. The van der Waals surface area contributed by atoms with E-state index >= 15 is 0 Å². The Morgan fingerprint density at radius 2 is 1.50 bits per heavy atom. The Balaban J connectivity index is 2.10. The van der Waals surface area contributed by atoms with Crippen molar-refractivity contribution >= 4 is 27.6 Å². The number of nitrogens with zero attached hydrogens (tertiary/aromatic N) is 2. The van der Waals surface area contributed by atoms with E-state index in [1.54, 1.807) is 0 Å². The van der Waals surface area contributed by atoms with E-state index in [1.807, 2.05) is 17.0 Å². The zero-order chi connectivity index (χ0) is 17.3. The summed E-state index contributed by atoms with van der Waals surface area (Å²) >= 11 is 0. The maximum atomic E-state index is 12.9. The van der Waals surface area contributed by atoms with E-state index in [2.05, 4.69) is 74.9 Å². The molecule has 0 aliphatic rings. The summed E-state index contributed by atoms with van der Waals surface area (Å²) in [6.07, 6.45) is 2.09. The van der Waals surface area contributed by atoms with Gasteiger partial charge in [-0.15, -0.1) is 0 Å². The lowest BCUT2D eigenvalue weighted by Crippen LogP contribution is -2.49. The second-order valence-corrected chi connectivity index (χ2v) is 6.85. The largest absolute Gasteiger partial charge is 0.332 e. The molecular formula is C21H25N2O+. The SMILES string of the molecule is CC(C)N(C(=O)C[n+]1cc2ccccc2c2ccccc21)C(C)C. The molecule has 0 atom stereocenters. The predicted octanol–water partition coefficient (Wildman–Crippen LogP) is 3.93. The van der Waals surface area contributed by atoms with E-state index in [0.717, 1.165) is 10.9 Å². The normalized spacial score (nSPS) is 11.6. The topological polar surface area (TPSA) is 24.2 Å². The van der Waals surface area contributed by atoms with Crippen LogP contribution in [0.15, 0.2) is 54.7 Å². The molecule has 0 bridgehead atoms. The van der Waals surface area contributed by atoms with Crippen LogP contribution >= 0.6 is 0 Å². The number of benzene rings is 2.